The Hall–Kier alpha value is -0.320. The lowest BCUT2D eigenvalue weighted by Gasteiger charge is -2.05. The van der Waals surface area contributed by atoms with E-state index in [2.05, 4.69) is 25.9 Å². The zero-order valence-corrected chi connectivity index (χ0v) is 19.4. The first-order chi connectivity index (χ1) is 13.4. The third kappa shape index (κ3) is 56.2. The maximum atomic E-state index is 5.37. The van der Waals surface area contributed by atoms with Crippen LogP contribution in [-0.4, -0.2) is 71.4 Å². The average molecular weight is 409 g/mol. The molecule has 8 nitrogen and oxygen atoms in total. The molecule has 0 aliphatic rings. The van der Waals surface area contributed by atoms with Gasteiger partial charge in [-0.3, -0.25) is 0 Å². The van der Waals surface area contributed by atoms with Crippen LogP contribution in [-0.2, 0) is 0 Å². The fraction of sp³-hybridized carbons (Fsp3) is 1.00. The first kappa shape index (κ1) is 35.1. The molecule has 0 rings (SSSR count). The Bertz CT molecular complexity index is 210. The van der Waals surface area contributed by atoms with Crippen LogP contribution >= 0.6 is 0 Å². The summed E-state index contributed by atoms with van der Waals surface area (Å²) in [6.07, 6.45) is 9.12. The zero-order valence-electron chi connectivity index (χ0n) is 19.4. The Kier molecular flexibility index (Phi) is 47.0. The van der Waals surface area contributed by atoms with Crippen molar-refractivity contribution in [1.29, 1.82) is 0 Å². The zero-order chi connectivity index (χ0) is 22.5. The monoisotopic (exact) mass is 408 g/mol. The molecule has 8 heteroatoms. The van der Waals surface area contributed by atoms with Crippen LogP contribution in [0.15, 0.2) is 0 Å². The van der Waals surface area contributed by atoms with Gasteiger partial charge in [-0.2, -0.15) is 0 Å². The lowest BCUT2D eigenvalue weighted by atomic mass is 10.1. The highest BCUT2D eigenvalue weighted by molar-refractivity contribution is 4.52. The number of nitrogens with two attached hydrogens (primary N) is 7. The van der Waals surface area contributed by atoms with Gasteiger partial charge in [0.25, 0.3) is 0 Å². The van der Waals surface area contributed by atoms with Crippen LogP contribution in [0, 0.1) is 5.92 Å². The highest BCUT2D eigenvalue weighted by atomic mass is 15.0. The van der Waals surface area contributed by atoms with Gasteiger partial charge in [-0.15, -0.1) is 0 Å². The van der Waals surface area contributed by atoms with Gasteiger partial charge in [-0.1, -0.05) is 19.8 Å². The molecule has 0 saturated heterocycles. The van der Waals surface area contributed by atoms with Crippen LogP contribution in [0.3, 0.4) is 0 Å². The van der Waals surface area contributed by atoms with E-state index < -0.39 is 0 Å². The van der Waals surface area contributed by atoms with E-state index in [1.165, 1.54) is 19.3 Å². The standard InChI is InChI=1S/2C6H16N2.C5H14N2.C3H10N2/c1-6(5-8)3-2-4-7;7-5-3-1-2-4-6-8;1-7(2)5-3-4-6;4-2-1-3-5/h6H,2-5,7-8H2,1H3;1-8H2;3-6H2,1-2H3;1-5H2. The Morgan fingerprint density at radius 1 is 0.536 bits per heavy atom. The number of hydrogen-bond acceptors (Lipinski definition) is 8. The number of nitrogens with zero attached hydrogens (tertiary/aromatic N) is 1. The number of unbranched alkanes of at least 4 members (excludes halogenated alkanes) is 3. The smallest absolute Gasteiger partial charge is 0.00128 e. The molecule has 0 aliphatic carbocycles. The molecule has 0 radical (unpaired) electrons. The van der Waals surface area contributed by atoms with Crippen LogP contribution < -0.4 is 40.1 Å². The summed E-state index contributed by atoms with van der Waals surface area (Å²) in [5.41, 5.74) is 36.6. The summed E-state index contributed by atoms with van der Waals surface area (Å²) in [5, 5.41) is 0. The first-order valence-corrected chi connectivity index (χ1v) is 11.0. The summed E-state index contributed by atoms with van der Waals surface area (Å²) >= 11 is 0. The summed E-state index contributed by atoms with van der Waals surface area (Å²) in [6, 6.07) is 0. The number of hydrogen-bond donors (Lipinski definition) is 7. The first-order valence-electron chi connectivity index (χ1n) is 11.0. The molecule has 0 aliphatic heterocycles. The third-order valence-corrected chi connectivity index (χ3v) is 3.68. The van der Waals surface area contributed by atoms with Crippen molar-refractivity contribution in [2.75, 3.05) is 66.5 Å². The highest BCUT2D eigenvalue weighted by Gasteiger charge is 1.95. The summed E-state index contributed by atoms with van der Waals surface area (Å²) in [6.45, 7) is 8.73. The minimum atomic E-state index is 0.651. The van der Waals surface area contributed by atoms with Crippen molar-refractivity contribution >= 4 is 0 Å². The van der Waals surface area contributed by atoms with Crippen molar-refractivity contribution in [1.82, 2.24) is 4.90 Å². The van der Waals surface area contributed by atoms with E-state index in [1.54, 1.807) is 0 Å². The van der Waals surface area contributed by atoms with Crippen LogP contribution in [0.4, 0.5) is 0 Å². The van der Waals surface area contributed by atoms with Gasteiger partial charge in [0.1, 0.15) is 0 Å². The lowest BCUT2D eigenvalue weighted by molar-refractivity contribution is 0.403. The van der Waals surface area contributed by atoms with Crippen LogP contribution in [0.5, 0.6) is 0 Å². The Morgan fingerprint density at radius 3 is 1.14 bits per heavy atom. The predicted molar refractivity (Wildman–Crippen MR) is 128 cm³/mol. The van der Waals surface area contributed by atoms with Gasteiger partial charge in [0.15, 0.2) is 0 Å². The van der Waals surface area contributed by atoms with Crippen LogP contribution in [0.1, 0.15) is 58.3 Å². The molecule has 0 spiro atoms. The molecule has 0 amide bonds. The predicted octanol–water partition coefficient (Wildman–Crippen LogP) is -0.0250. The van der Waals surface area contributed by atoms with Crippen molar-refractivity contribution in [2.45, 2.75) is 58.3 Å². The van der Waals surface area contributed by atoms with Crippen LogP contribution in [0.2, 0.25) is 0 Å². The van der Waals surface area contributed by atoms with Crippen molar-refractivity contribution in [2.24, 2.45) is 46.1 Å². The molecule has 1 atom stereocenters. The van der Waals surface area contributed by atoms with E-state index in [4.69, 9.17) is 40.1 Å². The van der Waals surface area contributed by atoms with Gasteiger partial charge in [-0.25, -0.2) is 0 Å². The summed E-state index contributed by atoms with van der Waals surface area (Å²) in [4.78, 5) is 2.13. The second kappa shape index (κ2) is 37.4. The van der Waals surface area contributed by atoms with E-state index >= 15 is 0 Å². The second-order valence-electron chi connectivity index (χ2n) is 7.14. The molecule has 28 heavy (non-hydrogen) atoms. The van der Waals surface area contributed by atoms with Crippen molar-refractivity contribution < 1.29 is 0 Å². The molecular formula is C20H56N8. The van der Waals surface area contributed by atoms with Crippen molar-refractivity contribution in [3.05, 3.63) is 0 Å². The van der Waals surface area contributed by atoms with Crippen molar-refractivity contribution in [3.8, 4) is 0 Å². The average Bonchev–Trinajstić information content (AvgIpc) is 2.70. The minimum Gasteiger partial charge on any atom is -0.330 e. The second-order valence-corrected chi connectivity index (χ2v) is 7.14. The molecule has 0 aromatic carbocycles. The van der Waals surface area contributed by atoms with Gasteiger partial charge < -0.3 is 45.0 Å². The molecule has 0 heterocycles. The summed E-state index contributed by atoms with van der Waals surface area (Å²) < 4.78 is 0. The molecule has 0 bridgehead atoms. The molecule has 14 N–H and O–H groups in total. The number of rotatable bonds is 14. The Balaban J connectivity index is -0.000000139. The molecule has 0 saturated carbocycles. The largest absolute Gasteiger partial charge is 0.330 e. The minimum absolute atomic E-state index is 0.651. The Morgan fingerprint density at radius 2 is 0.929 bits per heavy atom. The van der Waals surface area contributed by atoms with Gasteiger partial charge >= 0.3 is 0 Å². The van der Waals surface area contributed by atoms with Gasteiger partial charge in [0.2, 0.25) is 0 Å². The normalized spacial score (nSPS) is 10.8. The Labute approximate surface area is 176 Å². The van der Waals surface area contributed by atoms with E-state index in [0.717, 1.165) is 84.5 Å². The SMILES string of the molecule is CC(CN)CCCN.CN(C)CCCN.NCCCCCCN.NCCCN. The van der Waals surface area contributed by atoms with Crippen LogP contribution in [0.25, 0.3) is 0 Å². The maximum absolute atomic E-state index is 5.37. The molecule has 0 fully saturated rings. The van der Waals surface area contributed by atoms with Gasteiger partial charge in [0.05, 0.1) is 0 Å². The highest BCUT2D eigenvalue weighted by Crippen LogP contribution is 2.00. The maximum Gasteiger partial charge on any atom is -0.00128 e. The molecule has 0 aromatic heterocycles. The fourth-order valence-electron chi connectivity index (χ4n) is 1.75. The quantitative estimate of drug-likeness (QED) is 0.195. The summed E-state index contributed by atoms with van der Waals surface area (Å²) in [5.74, 6) is 0.651. The van der Waals surface area contributed by atoms with Crippen molar-refractivity contribution in [3.63, 3.8) is 0 Å². The van der Waals surface area contributed by atoms with Gasteiger partial charge in [0, 0.05) is 0 Å². The fourth-order valence-corrected chi connectivity index (χ4v) is 1.75. The van der Waals surface area contributed by atoms with E-state index in [9.17, 15) is 0 Å². The molecule has 0 aromatic rings. The molecule has 1 unspecified atom stereocenters. The third-order valence-electron chi connectivity index (χ3n) is 3.68. The molecular weight excluding hydrogens is 352 g/mol. The van der Waals surface area contributed by atoms with E-state index in [0.29, 0.717) is 5.92 Å². The van der Waals surface area contributed by atoms with E-state index in [1.807, 2.05) is 0 Å². The molecule has 176 valence electrons. The summed E-state index contributed by atoms with van der Waals surface area (Å²) in [7, 11) is 4.10. The van der Waals surface area contributed by atoms with E-state index in [-0.39, 0.29) is 0 Å². The topological polar surface area (TPSA) is 185 Å². The lowest BCUT2D eigenvalue weighted by Crippen LogP contribution is -2.16. The van der Waals surface area contributed by atoms with Gasteiger partial charge in [-0.05, 0) is 111 Å².